The predicted octanol–water partition coefficient (Wildman–Crippen LogP) is 3.68. The van der Waals surface area contributed by atoms with Crippen LogP contribution in [0.3, 0.4) is 0 Å². The van der Waals surface area contributed by atoms with Gasteiger partial charge in [-0.25, -0.2) is 13.6 Å². The highest BCUT2D eigenvalue weighted by molar-refractivity contribution is 9.11. The summed E-state index contributed by atoms with van der Waals surface area (Å²) in [7, 11) is -3.29. The van der Waals surface area contributed by atoms with Crippen molar-refractivity contribution in [1.82, 2.24) is 4.98 Å². The van der Waals surface area contributed by atoms with Gasteiger partial charge in [-0.1, -0.05) is 11.3 Å². The molecule has 1 heterocycles. The standard InChI is InChI=1S/C8H5BrF3N3OS2/c9-6-3-14-8(17-6)18(16,15-4-13)2-1-5(10)7(11)12/h3H,1-2H2. The third-order valence-corrected chi connectivity index (χ3v) is 5.81. The van der Waals surface area contributed by atoms with E-state index in [0.717, 1.165) is 11.3 Å². The van der Waals surface area contributed by atoms with Gasteiger partial charge in [-0.3, -0.25) is 0 Å². The molecule has 98 valence electrons. The van der Waals surface area contributed by atoms with E-state index in [1.807, 2.05) is 0 Å². The number of nitrogens with zero attached hydrogens (tertiary/aromatic N) is 3. The lowest BCUT2D eigenvalue weighted by Crippen LogP contribution is -2.06. The first-order valence-electron chi connectivity index (χ1n) is 4.33. The molecule has 0 saturated heterocycles. The summed E-state index contributed by atoms with van der Waals surface area (Å²) in [6.07, 6.45) is -0.539. The summed E-state index contributed by atoms with van der Waals surface area (Å²) < 4.78 is 52.4. The average Bonchev–Trinajstić information content (AvgIpc) is 2.73. The average molecular weight is 360 g/mol. The molecule has 0 aromatic carbocycles. The van der Waals surface area contributed by atoms with E-state index in [9.17, 15) is 17.4 Å². The molecule has 0 aliphatic carbocycles. The SMILES string of the molecule is N#CN=S(=O)(CCC(F)=C(F)F)c1ncc(Br)s1. The number of rotatable bonds is 4. The number of hydrogen-bond acceptors (Lipinski definition) is 5. The summed E-state index contributed by atoms with van der Waals surface area (Å²) >= 11 is 4.04. The van der Waals surface area contributed by atoms with Gasteiger partial charge in [0.25, 0.3) is 0 Å². The van der Waals surface area contributed by atoms with Crippen LogP contribution < -0.4 is 0 Å². The van der Waals surface area contributed by atoms with Crippen LogP contribution in [0.25, 0.3) is 0 Å². The molecule has 0 N–H and O–H groups in total. The zero-order valence-corrected chi connectivity index (χ0v) is 11.8. The number of nitriles is 1. The van der Waals surface area contributed by atoms with Gasteiger partial charge in [0.1, 0.15) is 9.73 Å². The Morgan fingerprint density at radius 2 is 2.28 bits per heavy atom. The van der Waals surface area contributed by atoms with Crippen LogP contribution >= 0.6 is 27.3 Å². The summed E-state index contributed by atoms with van der Waals surface area (Å²) in [6, 6.07) is 0. The van der Waals surface area contributed by atoms with Gasteiger partial charge in [0, 0.05) is 12.2 Å². The van der Waals surface area contributed by atoms with Gasteiger partial charge in [0.15, 0.2) is 10.2 Å². The highest BCUT2D eigenvalue weighted by Crippen LogP contribution is 2.27. The molecule has 0 saturated carbocycles. The fourth-order valence-corrected chi connectivity index (χ4v) is 4.51. The number of thiazole rings is 1. The van der Waals surface area contributed by atoms with Crippen molar-refractivity contribution in [3.63, 3.8) is 0 Å². The second-order valence-corrected chi connectivity index (χ2v) is 7.81. The third-order valence-electron chi connectivity index (χ3n) is 1.72. The number of allylic oxidation sites excluding steroid dienone is 1. The van der Waals surface area contributed by atoms with Crippen molar-refractivity contribution in [2.75, 3.05) is 5.75 Å². The molecule has 1 aromatic rings. The molecule has 10 heteroatoms. The van der Waals surface area contributed by atoms with Crippen molar-refractivity contribution >= 4 is 37.0 Å². The summed E-state index contributed by atoms with van der Waals surface area (Å²) in [5, 5.41) is 8.46. The second kappa shape index (κ2) is 6.31. The number of halogens is 4. The highest BCUT2D eigenvalue weighted by atomic mass is 79.9. The highest BCUT2D eigenvalue weighted by Gasteiger charge is 2.19. The molecule has 0 radical (unpaired) electrons. The molecule has 1 aromatic heterocycles. The van der Waals surface area contributed by atoms with Gasteiger partial charge in [0.05, 0.1) is 9.98 Å². The van der Waals surface area contributed by atoms with Gasteiger partial charge in [-0.2, -0.15) is 14.0 Å². The lowest BCUT2D eigenvalue weighted by atomic mass is 10.4. The second-order valence-electron chi connectivity index (χ2n) is 2.88. The Labute approximate surface area is 113 Å². The van der Waals surface area contributed by atoms with Crippen LogP contribution in [-0.2, 0) is 9.73 Å². The van der Waals surface area contributed by atoms with E-state index >= 15 is 0 Å². The Kier molecular flexibility index (Phi) is 5.30. The molecule has 0 aliphatic rings. The van der Waals surface area contributed by atoms with Gasteiger partial charge in [-0.05, 0) is 15.9 Å². The van der Waals surface area contributed by atoms with Gasteiger partial charge in [0.2, 0.25) is 6.19 Å². The van der Waals surface area contributed by atoms with Gasteiger partial charge >= 0.3 is 6.08 Å². The van der Waals surface area contributed by atoms with Crippen LogP contribution in [0.2, 0.25) is 0 Å². The van der Waals surface area contributed by atoms with Crippen LogP contribution in [0.5, 0.6) is 0 Å². The third kappa shape index (κ3) is 3.79. The Balaban J connectivity index is 3.06. The molecule has 0 amide bonds. The first kappa shape index (κ1) is 15.1. The first-order valence-corrected chi connectivity index (χ1v) is 7.62. The van der Waals surface area contributed by atoms with Crippen LogP contribution in [0.1, 0.15) is 6.42 Å². The lowest BCUT2D eigenvalue weighted by molar-refractivity contribution is 0.373. The van der Waals surface area contributed by atoms with Crippen molar-refractivity contribution in [2.45, 2.75) is 10.8 Å². The van der Waals surface area contributed by atoms with E-state index in [0.29, 0.717) is 3.79 Å². The van der Waals surface area contributed by atoms with Gasteiger partial charge < -0.3 is 0 Å². The van der Waals surface area contributed by atoms with Crippen LogP contribution in [0, 0.1) is 11.5 Å². The van der Waals surface area contributed by atoms with Crippen molar-refractivity contribution in [2.24, 2.45) is 4.36 Å². The van der Waals surface area contributed by atoms with Crippen LogP contribution in [0.4, 0.5) is 13.2 Å². The molecule has 1 unspecified atom stereocenters. The smallest absolute Gasteiger partial charge is 0.241 e. The van der Waals surface area contributed by atoms with Crippen LogP contribution in [-0.4, -0.2) is 14.9 Å². The lowest BCUT2D eigenvalue weighted by Gasteiger charge is -2.02. The zero-order valence-electron chi connectivity index (χ0n) is 8.57. The largest absolute Gasteiger partial charge is 0.301 e. The predicted molar refractivity (Wildman–Crippen MR) is 64.1 cm³/mol. The summed E-state index contributed by atoms with van der Waals surface area (Å²) in [5.41, 5.74) is 0. The molecule has 1 rings (SSSR count). The molecule has 18 heavy (non-hydrogen) atoms. The minimum Gasteiger partial charge on any atom is -0.241 e. The summed E-state index contributed by atoms with van der Waals surface area (Å²) in [4.78, 5) is 3.75. The molecule has 0 bridgehead atoms. The van der Waals surface area contributed by atoms with E-state index in [2.05, 4.69) is 25.3 Å². The van der Waals surface area contributed by atoms with Crippen molar-refractivity contribution in [1.29, 1.82) is 5.26 Å². The molecule has 0 spiro atoms. The normalized spacial score (nSPS) is 13.5. The number of aromatic nitrogens is 1. The van der Waals surface area contributed by atoms with E-state index < -0.39 is 33.8 Å². The van der Waals surface area contributed by atoms with E-state index in [-0.39, 0.29) is 4.34 Å². The maximum absolute atomic E-state index is 12.7. The van der Waals surface area contributed by atoms with E-state index in [4.69, 9.17) is 5.26 Å². The fraction of sp³-hybridized carbons (Fsp3) is 0.250. The minimum absolute atomic E-state index is 0.00277. The molecule has 4 nitrogen and oxygen atoms in total. The number of hydrogen-bond donors (Lipinski definition) is 0. The minimum atomic E-state index is -3.29. The van der Waals surface area contributed by atoms with E-state index in [1.54, 1.807) is 0 Å². The monoisotopic (exact) mass is 359 g/mol. The van der Waals surface area contributed by atoms with E-state index in [1.165, 1.54) is 12.4 Å². The molecule has 1 atom stereocenters. The zero-order chi connectivity index (χ0) is 13.8. The maximum Gasteiger partial charge on any atom is 0.301 e. The Hall–Kier alpha value is -0.920. The summed E-state index contributed by atoms with van der Waals surface area (Å²) in [6.45, 7) is 0. The molecular weight excluding hydrogens is 355 g/mol. The quantitative estimate of drug-likeness (QED) is 0.770. The van der Waals surface area contributed by atoms with Crippen LogP contribution in [0.15, 0.2) is 30.6 Å². The fourth-order valence-electron chi connectivity index (χ4n) is 0.947. The molecule has 0 fully saturated rings. The molecular formula is C8H5BrF3N3OS2. The Morgan fingerprint density at radius 1 is 1.61 bits per heavy atom. The van der Waals surface area contributed by atoms with Crippen molar-refractivity contribution in [3.05, 3.63) is 21.9 Å². The summed E-state index contributed by atoms with van der Waals surface area (Å²) in [5.74, 6) is -2.18. The Bertz CT molecular complexity index is 624. The van der Waals surface area contributed by atoms with Crippen molar-refractivity contribution in [3.8, 4) is 6.19 Å². The first-order chi connectivity index (χ1) is 8.39. The Morgan fingerprint density at radius 3 is 2.72 bits per heavy atom. The topological polar surface area (TPSA) is 66.1 Å². The van der Waals surface area contributed by atoms with Crippen molar-refractivity contribution < 1.29 is 17.4 Å². The van der Waals surface area contributed by atoms with Gasteiger partial charge in [-0.15, -0.1) is 4.36 Å². The molecule has 0 aliphatic heterocycles. The maximum atomic E-state index is 12.7.